The van der Waals surface area contributed by atoms with Gasteiger partial charge in [-0.15, -0.1) is 11.6 Å². The van der Waals surface area contributed by atoms with Gasteiger partial charge >= 0.3 is 0 Å². The van der Waals surface area contributed by atoms with Gasteiger partial charge in [0.05, 0.1) is 7.11 Å². The van der Waals surface area contributed by atoms with Crippen molar-refractivity contribution >= 4 is 23.2 Å². The summed E-state index contributed by atoms with van der Waals surface area (Å²) in [6.45, 7) is 0.746. The topological polar surface area (TPSA) is 21.3 Å². The minimum absolute atomic E-state index is 0.0921. The van der Waals surface area contributed by atoms with Gasteiger partial charge in [-0.3, -0.25) is 0 Å². The summed E-state index contributed by atoms with van der Waals surface area (Å²) in [5.74, 6) is 1.53. The van der Waals surface area contributed by atoms with E-state index in [4.69, 9.17) is 27.9 Å². The number of hydrogen-bond acceptors (Lipinski definition) is 2. The number of nitrogens with one attached hydrogen (secondary N) is 1. The van der Waals surface area contributed by atoms with Gasteiger partial charge in [0, 0.05) is 28.5 Å². The molecule has 0 aromatic heterocycles. The van der Waals surface area contributed by atoms with Crippen molar-refractivity contribution in [3.63, 3.8) is 0 Å². The smallest absolute Gasteiger partial charge is 0.123 e. The first-order valence-electron chi connectivity index (χ1n) is 6.32. The minimum Gasteiger partial charge on any atom is -0.496 e. The van der Waals surface area contributed by atoms with Crippen molar-refractivity contribution < 1.29 is 4.74 Å². The molecule has 1 aliphatic rings. The van der Waals surface area contributed by atoms with Crippen LogP contribution in [-0.2, 0) is 6.54 Å². The van der Waals surface area contributed by atoms with Crippen LogP contribution in [0, 0.1) is 0 Å². The molecule has 0 aliphatic heterocycles. The van der Waals surface area contributed by atoms with E-state index in [9.17, 15) is 0 Å². The largest absolute Gasteiger partial charge is 0.496 e. The van der Waals surface area contributed by atoms with Crippen LogP contribution in [0.4, 0.5) is 0 Å². The third-order valence-electron chi connectivity index (χ3n) is 3.71. The van der Waals surface area contributed by atoms with E-state index in [2.05, 4.69) is 5.32 Å². The van der Waals surface area contributed by atoms with Crippen LogP contribution in [0.25, 0.3) is 0 Å². The molecule has 100 valence electrons. The molecule has 18 heavy (non-hydrogen) atoms. The molecule has 0 heterocycles. The van der Waals surface area contributed by atoms with Crippen molar-refractivity contribution in [2.24, 2.45) is 0 Å². The van der Waals surface area contributed by atoms with Gasteiger partial charge in [-0.25, -0.2) is 0 Å². The number of rotatable bonds is 5. The predicted molar refractivity (Wildman–Crippen MR) is 76.8 cm³/mol. The van der Waals surface area contributed by atoms with E-state index in [-0.39, 0.29) is 5.54 Å². The first kappa shape index (κ1) is 14.0. The van der Waals surface area contributed by atoms with E-state index in [0.29, 0.717) is 5.88 Å². The van der Waals surface area contributed by atoms with E-state index in [1.165, 1.54) is 12.8 Å². The summed E-state index contributed by atoms with van der Waals surface area (Å²) in [7, 11) is 1.68. The van der Waals surface area contributed by atoms with E-state index in [0.717, 1.165) is 35.7 Å². The zero-order valence-corrected chi connectivity index (χ0v) is 12.2. The number of ether oxygens (including phenoxy) is 1. The monoisotopic (exact) mass is 287 g/mol. The SMILES string of the molecule is COc1ccc(Cl)cc1CNC1(CCl)CCCC1. The molecule has 1 N–H and O–H groups in total. The third kappa shape index (κ3) is 3.11. The van der Waals surface area contributed by atoms with Crippen molar-refractivity contribution in [2.75, 3.05) is 13.0 Å². The van der Waals surface area contributed by atoms with Crippen LogP contribution >= 0.6 is 23.2 Å². The first-order valence-corrected chi connectivity index (χ1v) is 7.24. The van der Waals surface area contributed by atoms with Crippen LogP contribution in [0.5, 0.6) is 5.75 Å². The highest BCUT2D eigenvalue weighted by atomic mass is 35.5. The van der Waals surface area contributed by atoms with Crippen molar-refractivity contribution in [2.45, 2.75) is 37.8 Å². The Morgan fingerprint density at radius 2 is 2.06 bits per heavy atom. The molecule has 1 aromatic carbocycles. The lowest BCUT2D eigenvalue weighted by molar-refractivity contribution is 0.359. The Morgan fingerprint density at radius 1 is 1.33 bits per heavy atom. The second kappa shape index (κ2) is 6.14. The zero-order valence-electron chi connectivity index (χ0n) is 10.6. The maximum Gasteiger partial charge on any atom is 0.123 e. The van der Waals surface area contributed by atoms with Crippen LogP contribution in [0.1, 0.15) is 31.2 Å². The van der Waals surface area contributed by atoms with E-state index in [1.807, 2.05) is 18.2 Å². The van der Waals surface area contributed by atoms with E-state index >= 15 is 0 Å². The lowest BCUT2D eigenvalue weighted by atomic mass is 10.00. The van der Waals surface area contributed by atoms with E-state index < -0.39 is 0 Å². The molecular formula is C14H19Cl2NO. The molecule has 0 atom stereocenters. The van der Waals surface area contributed by atoms with E-state index in [1.54, 1.807) is 7.11 Å². The minimum atomic E-state index is 0.0921. The zero-order chi connectivity index (χ0) is 13.0. The number of methoxy groups -OCH3 is 1. The van der Waals surface area contributed by atoms with Gasteiger partial charge < -0.3 is 10.1 Å². The van der Waals surface area contributed by atoms with Gasteiger partial charge in [0.1, 0.15) is 5.75 Å². The second-order valence-electron chi connectivity index (χ2n) is 4.93. The van der Waals surface area contributed by atoms with Crippen LogP contribution in [0.3, 0.4) is 0 Å². The molecule has 0 spiro atoms. The molecule has 0 unspecified atom stereocenters. The number of halogens is 2. The molecule has 0 amide bonds. The molecule has 0 bridgehead atoms. The Balaban J connectivity index is 2.07. The molecular weight excluding hydrogens is 269 g/mol. The lowest BCUT2D eigenvalue weighted by Gasteiger charge is -2.28. The van der Waals surface area contributed by atoms with Crippen LogP contribution < -0.4 is 10.1 Å². The van der Waals surface area contributed by atoms with Crippen LogP contribution in [-0.4, -0.2) is 18.5 Å². The lowest BCUT2D eigenvalue weighted by Crippen LogP contribution is -2.43. The molecule has 0 radical (unpaired) electrons. The molecule has 1 fully saturated rings. The summed E-state index contributed by atoms with van der Waals surface area (Å²) >= 11 is 12.1. The number of alkyl halides is 1. The van der Waals surface area contributed by atoms with Gasteiger partial charge in [0.2, 0.25) is 0 Å². The first-order chi connectivity index (χ1) is 8.69. The third-order valence-corrected chi connectivity index (χ3v) is 4.46. The maximum absolute atomic E-state index is 6.12. The second-order valence-corrected chi connectivity index (χ2v) is 5.63. The standard InChI is InChI=1S/C14H19Cl2NO/c1-18-13-5-4-12(16)8-11(13)9-17-14(10-15)6-2-3-7-14/h4-5,8,17H,2-3,6-7,9-10H2,1H3. The van der Waals surface area contributed by atoms with Crippen LogP contribution in [0.15, 0.2) is 18.2 Å². The average molecular weight is 288 g/mol. The number of benzene rings is 1. The fourth-order valence-corrected chi connectivity index (χ4v) is 3.13. The summed E-state index contributed by atoms with van der Waals surface area (Å²) in [6.07, 6.45) is 4.82. The predicted octanol–water partition coefficient (Wildman–Crippen LogP) is 3.99. The number of hydrogen-bond donors (Lipinski definition) is 1. The van der Waals surface area contributed by atoms with Gasteiger partial charge in [0.25, 0.3) is 0 Å². The van der Waals surface area contributed by atoms with Crippen molar-refractivity contribution in [3.05, 3.63) is 28.8 Å². The van der Waals surface area contributed by atoms with Crippen molar-refractivity contribution in [1.29, 1.82) is 0 Å². The van der Waals surface area contributed by atoms with Crippen molar-refractivity contribution in [3.8, 4) is 5.75 Å². The Bertz CT molecular complexity index is 403. The van der Waals surface area contributed by atoms with Gasteiger partial charge in [-0.2, -0.15) is 0 Å². The summed E-state index contributed by atoms with van der Waals surface area (Å²) < 4.78 is 5.35. The van der Waals surface area contributed by atoms with Gasteiger partial charge in [-0.1, -0.05) is 24.4 Å². The summed E-state index contributed by atoms with van der Waals surface area (Å²) in [4.78, 5) is 0. The maximum atomic E-state index is 6.12. The highest BCUT2D eigenvalue weighted by Crippen LogP contribution is 2.32. The highest BCUT2D eigenvalue weighted by molar-refractivity contribution is 6.30. The van der Waals surface area contributed by atoms with Gasteiger partial charge in [0.15, 0.2) is 0 Å². The Labute approximate surface area is 119 Å². The molecule has 2 rings (SSSR count). The molecule has 0 saturated heterocycles. The fourth-order valence-electron chi connectivity index (χ4n) is 2.58. The fraction of sp³-hybridized carbons (Fsp3) is 0.571. The Morgan fingerprint density at radius 3 is 2.67 bits per heavy atom. The summed E-state index contributed by atoms with van der Waals surface area (Å²) in [6, 6.07) is 5.70. The molecule has 4 heteroatoms. The normalized spacial score (nSPS) is 17.9. The van der Waals surface area contributed by atoms with Crippen LogP contribution in [0.2, 0.25) is 5.02 Å². The summed E-state index contributed by atoms with van der Waals surface area (Å²) in [5, 5.41) is 4.33. The quantitative estimate of drug-likeness (QED) is 0.827. The average Bonchev–Trinajstić information content (AvgIpc) is 2.86. The van der Waals surface area contributed by atoms with Crippen molar-refractivity contribution in [1.82, 2.24) is 5.32 Å². The molecule has 1 aliphatic carbocycles. The Kier molecular flexibility index (Phi) is 4.77. The molecule has 2 nitrogen and oxygen atoms in total. The highest BCUT2D eigenvalue weighted by Gasteiger charge is 2.32. The molecule has 1 aromatic rings. The molecule has 1 saturated carbocycles. The Hall–Kier alpha value is -0.440. The van der Waals surface area contributed by atoms with Gasteiger partial charge in [-0.05, 0) is 31.0 Å². The summed E-state index contributed by atoms with van der Waals surface area (Å²) in [5.41, 5.74) is 1.18.